The lowest BCUT2D eigenvalue weighted by atomic mass is 10.2. The third kappa shape index (κ3) is 6.97. The summed E-state index contributed by atoms with van der Waals surface area (Å²) < 4.78 is 2.05. The Labute approximate surface area is 205 Å². The molecule has 3 aromatic heterocycles. The molecule has 0 radical (unpaired) electrons. The van der Waals surface area contributed by atoms with Crippen LogP contribution in [-0.2, 0) is 6.42 Å². The van der Waals surface area contributed by atoms with Gasteiger partial charge in [-0.2, -0.15) is 0 Å². The largest absolute Gasteiger partial charge is 0.343 e. The zero-order valence-electron chi connectivity index (χ0n) is 21.1. The number of carbonyl (C=O) groups is 1. The molecule has 0 aliphatic rings. The molecule has 2 amide bonds. The van der Waals surface area contributed by atoms with Crippen LogP contribution in [0.1, 0.15) is 37.0 Å². The summed E-state index contributed by atoms with van der Waals surface area (Å²) in [5, 5.41) is 6.25. The molecule has 3 rings (SSSR count). The fourth-order valence-corrected chi connectivity index (χ4v) is 4.14. The minimum atomic E-state index is -0.286. The Morgan fingerprint density at radius 2 is 1.91 bits per heavy atom. The van der Waals surface area contributed by atoms with E-state index in [1.54, 1.807) is 0 Å². The monoisotopic (exact) mass is 485 g/mol. The Morgan fingerprint density at radius 3 is 2.59 bits per heavy atom. The summed E-state index contributed by atoms with van der Waals surface area (Å²) in [7, 11) is 6.08. The van der Waals surface area contributed by atoms with Gasteiger partial charge in [-0.1, -0.05) is 11.3 Å². The van der Waals surface area contributed by atoms with Crippen molar-refractivity contribution in [1.82, 2.24) is 34.7 Å². The quantitative estimate of drug-likeness (QED) is 0.454. The van der Waals surface area contributed by atoms with Crippen LogP contribution in [0.4, 0.5) is 15.9 Å². The molecule has 11 heteroatoms. The van der Waals surface area contributed by atoms with Gasteiger partial charge in [-0.25, -0.2) is 24.7 Å². The minimum Gasteiger partial charge on any atom is -0.343 e. The van der Waals surface area contributed by atoms with E-state index in [1.165, 1.54) is 11.3 Å². The van der Waals surface area contributed by atoms with E-state index in [4.69, 9.17) is 4.98 Å². The molecule has 0 bridgehead atoms. The van der Waals surface area contributed by atoms with Crippen molar-refractivity contribution >= 4 is 28.4 Å². The summed E-state index contributed by atoms with van der Waals surface area (Å²) in [4.78, 5) is 35.7. The van der Waals surface area contributed by atoms with E-state index in [0.717, 1.165) is 40.7 Å². The predicted molar refractivity (Wildman–Crippen MR) is 138 cm³/mol. The number of urea groups is 1. The van der Waals surface area contributed by atoms with Crippen molar-refractivity contribution in [1.29, 1.82) is 0 Å². The van der Waals surface area contributed by atoms with Crippen molar-refractivity contribution < 1.29 is 4.79 Å². The Kier molecular flexibility index (Phi) is 8.56. The van der Waals surface area contributed by atoms with E-state index >= 15 is 0 Å². The molecule has 0 saturated carbocycles. The Morgan fingerprint density at radius 1 is 1.15 bits per heavy atom. The fraction of sp³-hybridized carbons (Fsp3) is 0.522. The van der Waals surface area contributed by atoms with Crippen molar-refractivity contribution in [2.75, 3.05) is 51.0 Å². The number of hydrogen-bond donors (Lipinski definition) is 2. The van der Waals surface area contributed by atoms with Crippen LogP contribution in [0.5, 0.6) is 0 Å². The molecule has 0 fully saturated rings. The number of nitrogens with one attached hydrogen (secondary N) is 2. The van der Waals surface area contributed by atoms with Crippen molar-refractivity contribution in [3.8, 4) is 10.6 Å². The van der Waals surface area contributed by atoms with Crippen LogP contribution < -0.4 is 15.5 Å². The number of thiazole rings is 1. The average Bonchev–Trinajstić information content (AvgIpc) is 3.38. The Balaban J connectivity index is 1.61. The molecule has 0 atom stereocenters. The van der Waals surface area contributed by atoms with Gasteiger partial charge in [0.25, 0.3) is 0 Å². The second kappa shape index (κ2) is 11.4. The predicted octanol–water partition coefficient (Wildman–Crippen LogP) is 3.36. The van der Waals surface area contributed by atoms with E-state index in [-0.39, 0.29) is 6.03 Å². The molecule has 0 saturated heterocycles. The van der Waals surface area contributed by atoms with Gasteiger partial charge in [0.05, 0.1) is 28.3 Å². The van der Waals surface area contributed by atoms with E-state index in [9.17, 15) is 4.79 Å². The van der Waals surface area contributed by atoms with Crippen LogP contribution in [0.2, 0.25) is 0 Å². The Hall–Kier alpha value is -3.05. The van der Waals surface area contributed by atoms with Gasteiger partial charge >= 0.3 is 6.03 Å². The van der Waals surface area contributed by atoms with E-state index in [0.29, 0.717) is 30.1 Å². The number of aromatic nitrogens is 5. The normalized spacial score (nSPS) is 11.3. The molecule has 34 heavy (non-hydrogen) atoms. The average molecular weight is 486 g/mol. The van der Waals surface area contributed by atoms with E-state index in [1.807, 2.05) is 58.5 Å². The summed E-state index contributed by atoms with van der Waals surface area (Å²) >= 11 is 1.41. The Bertz CT molecular complexity index is 1110. The zero-order chi connectivity index (χ0) is 24.8. The van der Waals surface area contributed by atoms with E-state index < -0.39 is 0 Å². The number of aryl methyl sites for hydroxylation is 2. The fourth-order valence-electron chi connectivity index (χ4n) is 3.21. The van der Waals surface area contributed by atoms with Crippen LogP contribution >= 0.6 is 11.3 Å². The summed E-state index contributed by atoms with van der Waals surface area (Å²) in [6, 6.07) is 2.03. The van der Waals surface area contributed by atoms with Crippen LogP contribution in [-0.4, -0.2) is 76.2 Å². The molecule has 0 aromatic carbocycles. The second-order valence-corrected chi connectivity index (χ2v) is 9.89. The van der Waals surface area contributed by atoms with Gasteiger partial charge in [0.1, 0.15) is 0 Å². The summed E-state index contributed by atoms with van der Waals surface area (Å²) in [6.07, 6.45) is 4.50. The smallest absolute Gasteiger partial charge is 0.321 e. The first-order valence-corrected chi connectivity index (χ1v) is 12.2. The number of rotatable bonds is 10. The lowest BCUT2D eigenvalue weighted by Crippen LogP contribution is -2.30. The number of imidazole rings is 1. The zero-order valence-corrected chi connectivity index (χ0v) is 21.9. The van der Waals surface area contributed by atoms with Gasteiger partial charge in [-0.3, -0.25) is 5.32 Å². The highest BCUT2D eigenvalue weighted by Gasteiger charge is 2.16. The second-order valence-electron chi connectivity index (χ2n) is 8.89. The highest BCUT2D eigenvalue weighted by Crippen LogP contribution is 2.32. The summed E-state index contributed by atoms with van der Waals surface area (Å²) in [5.41, 5.74) is 3.46. The minimum absolute atomic E-state index is 0.286. The number of amides is 2. The molecule has 0 spiro atoms. The van der Waals surface area contributed by atoms with Gasteiger partial charge in [0.15, 0.2) is 5.13 Å². The number of likely N-dealkylation sites (N-methyl/N-ethyl adjacent to an activating group) is 2. The maximum Gasteiger partial charge on any atom is 0.321 e. The first-order valence-electron chi connectivity index (χ1n) is 11.4. The third-order valence-corrected chi connectivity index (χ3v) is 6.33. The third-order valence-electron chi connectivity index (χ3n) is 5.23. The summed E-state index contributed by atoms with van der Waals surface area (Å²) in [5.74, 6) is 0.678. The maximum absolute atomic E-state index is 12.4. The van der Waals surface area contributed by atoms with Crippen LogP contribution in [0.25, 0.3) is 10.6 Å². The first-order chi connectivity index (χ1) is 16.1. The number of hydrogen-bond acceptors (Lipinski definition) is 8. The molecule has 0 aliphatic heterocycles. The van der Waals surface area contributed by atoms with Crippen LogP contribution in [0.15, 0.2) is 18.6 Å². The molecule has 3 aromatic rings. The SMILES string of the molecule is Cc1cc(-c2sc(NC(=O)NCCc3cn(C(C)C)cn3)nc2C)nc(N(C)CCN(C)C)n1. The van der Waals surface area contributed by atoms with Gasteiger partial charge in [-0.15, -0.1) is 0 Å². The van der Waals surface area contributed by atoms with Crippen molar-refractivity contribution in [2.24, 2.45) is 0 Å². The van der Waals surface area contributed by atoms with Crippen molar-refractivity contribution in [3.05, 3.63) is 35.7 Å². The summed E-state index contributed by atoms with van der Waals surface area (Å²) in [6.45, 7) is 10.3. The van der Waals surface area contributed by atoms with Gasteiger partial charge < -0.3 is 19.7 Å². The molecule has 2 N–H and O–H groups in total. The molecule has 3 heterocycles. The number of carbonyl (C=O) groups excluding carboxylic acids is 1. The first kappa shape index (κ1) is 25.6. The highest BCUT2D eigenvalue weighted by molar-refractivity contribution is 7.19. The van der Waals surface area contributed by atoms with Crippen LogP contribution in [0, 0.1) is 13.8 Å². The number of anilines is 2. The highest BCUT2D eigenvalue weighted by atomic mass is 32.1. The lowest BCUT2D eigenvalue weighted by Gasteiger charge is -2.20. The van der Waals surface area contributed by atoms with Crippen molar-refractivity contribution in [2.45, 2.75) is 40.2 Å². The molecule has 0 aliphatic carbocycles. The maximum atomic E-state index is 12.4. The number of nitrogens with zero attached hydrogens (tertiary/aromatic N) is 7. The van der Waals surface area contributed by atoms with Crippen molar-refractivity contribution in [3.63, 3.8) is 0 Å². The van der Waals surface area contributed by atoms with E-state index in [2.05, 4.69) is 48.9 Å². The van der Waals surface area contributed by atoms with Gasteiger partial charge in [0, 0.05) is 51.0 Å². The molecule has 184 valence electrons. The van der Waals surface area contributed by atoms with Crippen LogP contribution in [0.3, 0.4) is 0 Å². The lowest BCUT2D eigenvalue weighted by molar-refractivity contribution is 0.252. The standard InChI is InChI=1S/C23H35N9OS/c1-15(2)32-13-18(25-14-32)8-9-24-22(33)29-23-27-17(4)20(34-23)19-12-16(3)26-21(28-19)31(7)11-10-30(5)6/h12-15H,8-11H2,1-7H3,(H2,24,27,29,33). The topological polar surface area (TPSA) is 104 Å². The molecular weight excluding hydrogens is 450 g/mol. The molecular formula is C23H35N9OS. The van der Waals surface area contributed by atoms with Gasteiger partial charge in [0.2, 0.25) is 5.95 Å². The molecule has 0 unspecified atom stereocenters. The van der Waals surface area contributed by atoms with Gasteiger partial charge in [-0.05, 0) is 47.9 Å². The molecule has 10 nitrogen and oxygen atoms in total.